The second kappa shape index (κ2) is 8.38. The van der Waals surface area contributed by atoms with E-state index < -0.39 is 0 Å². The molecule has 5 heteroatoms. The van der Waals surface area contributed by atoms with E-state index in [4.69, 9.17) is 27.3 Å². The fourth-order valence-electron chi connectivity index (χ4n) is 3.19. The molecule has 0 amide bonds. The van der Waals surface area contributed by atoms with Gasteiger partial charge < -0.3 is 10.7 Å². The molecule has 0 unspecified atom stereocenters. The summed E-state index contributed by atoms with van der Waals surface area (Å²) in [5.41, 5.74) is 10.3. The van der Waals surface area contributed by atoms with Crippen LogP contribution in [0.2, 0.25) is 5.02 Å². The number of aromatic amines is 1. The van der Waals surface area contributed by atoms with Crippen LogP contribution in [0.5, 0.6) is 0 Å². The van der Waals surface area contributed by atoms with E-state index in [1.54, 1.807) is 0 Å². The first-order chi connectivity index (χ1) is 13.7. The minimum atomic E-state index is 0.600. The fourth-order valence-corrected chi connectivity index (χ4v) is 3.36. The van der Waals surface area contributed by atoms with Crippen molar-refractivity contribution in [2.24, 2.45) is 5.73 Å². The Hall–Kier alpha value is -2.95. The van der Waals surface area contributed by atoms with Gasteiger partial charge in [0, 0.05) is 16.8 Å². The Labute approximate surface area is 168 Å². The second-order valence-electron chi connectivity index (χ2n) is 6.58. The standard InChI is InChI=1S/C23H21ClN4/c24-17-12-13-19-18(15-17)23(16-7-2-1-3-8-16)28-21-10-5-4-9-20(21)27-22(26-19)11-6-14-25/h1-5,7-10,12-13,15,28H,6,11,14,25H2. The lowest BCUT2D eigenvalue weighted by molar-refractivity contribution is 0.792. The lowest BCUT2D eigenvalue weighted by atomic mass is 10.1. The predicted molar refractivity (Wildman–Crippen MR) is 117 cm³/mol. The summed E-state index contributed by atoms with van der Waals surface area (Å²) >= 11 is 6.35. The third kappa shape index (κ3) is 3.98. The molecule has 28 heavy (non-hydrogen) atoms. The van der Waals surface area contributed by atoms with Gasteiger partial charge >= 0.3 is 0 Å². The molecule has 0 aliphatic carbocycles. The molecule has 0 fully saturated rings. The van der Waals surface area contributed by atoms with Gasteiger partial charge in [0.25, 0.3) is 0 Å². The molecule has 0 spiro atoms. The van der Waals surface area contributed by atoms with Gasteiger partial charge in [0.2, 0.25) is 0 Å². The van der Waals surface area contributed by atoms with Gasteiger partial charge in [-0.05, 0) is 48.9 Å². The highest BCUT2D eigenvalue weighted by atomic mass is 35.5. The first-order valence-electron chi connectivity index (χ1n) is 9.32. The van der Waals surface area contributed by atoms with Crippen LogP contribution in [0.15, 0.2) is 72.8 Å². The van der Waals surface area contributed by atoms with Gasteiger partial charge in [-0.15, -0.1) is 0 Å². The summed E-state index contributed by atoms with van der Waals surface area (Å²) in [7, 11) is 0. The van der Waals surface area contributed by atoms with E-state index in [9.17, 15) is 0 Å². The Morgan fingerprint density at radius 1 is 0.857 bits per heavy atom. The van der Waals surface area contributed by atoms with Gasteiger partial charge in [-0.25, -0.2) is 9.97 Å². The van der Waals surface area contributed by atoms with Crippen LogP contribution in [0.4, 0.5) is 0 Å². The van der Waals surface area contributed by atoms with Gasteiger partial charge in [0.1, 0.15) is 5.82 Å². The van der Waals surface area contributed by atoms with Gasteiger partial charge in [0.05, 0.1) is 22.2 Å². The molecule has 0 atom stereocenters. The van der Waals surface area contributed by atoms with Crippen LogP contribution in [-0.4, -0.2) is 21.5 Å². The fraction of sp³-hybridized carbons (Fsp3) is 0.130. The monoisotopic (exact) mass is 388 g/mol. The van der Waals surface area contributed by atoms with Crippen molar-refractivity contribution in [3.05, 3.63) is 83.6 Å². The van der Waals surface area contributed by atoms with E-state index >= 15 is 0 Å². The summed E-state index contributed by atoms with van der Waals surface area (Å²) in [5.74, 6) is 0.762. The summed E-state index contributed by atoms with van der Waals surface area (Å²) in [6.07, 6.45) is 1.55. The zero-order valence-electron chi connectivity index (χ0n) is 15.4. The summed E-state index contributed by atoms with van der Waals surface area (Å²) in [4.78, 5) is 13.3. The highest BCUT2D eigenvalue weighted by molar-refractivity contribution is 6.31. The number of hydrogen-bond acceptors (Lipinski definition) is 3. The van der Waals surface area contributed by atoms with Gasteiger partial charge in [-0.1, -0.05) is 54.1 Å². The quantitative estimate of drug-likeness (QED) is 0.488. The molecule has 4 rings (SSSR count). The van der Waals surface area contributed by atoms with Gasteiger partial charge in [-0.2, -0.15) is 0 Å². The smallest absolute Gasteiger partial charge is 0.129 e. The SMILES string of the molecule is NCCCc1nc2ccccc2[nH]c(-c2ccccc2)c2cc(Cl)ccc2n1. The lowest BCUT2D eigenvalue weighted by Gasteiger charge is -2.05. The van der Waals surface area contributed by atoms with E-state index in [1.807, 2.05) is 60.7 Å². The van der Waals surface area contributed by atoms with Crippen molar-refractivity contribution in [1.29, 1.82) is 0 Å². The van der Waals surface area contributed by atoms with E-state index in [0.29, 0.717) is 18.0 Å². The number of aryl methyl sites for hydroxylation is 1. The van der Waals surface area contributed by atoms with Crippen LogP contribution in [0.1, 0.15) is 12.2 Å². The number of fused-ring (bicyclic) bond motifs is 2. The van der Waals surface area contributed by atoms with Crippen LogP contribution in [0.25, 0.3) is 33.2 Å². The summed E-state index contributed by atoms with van der Waals surface area (Å²) in [6, 6.07) is 23.9. The normalized spacial score (nSPS) is 10.9. The third-order valence-electron chi connectivity index (χ3n) is 4.56. The predicted octanol–water partition coefficient (Wildman–Crippen LogP) is 5.45. The molecule has 1 heterocycles. The molecule has 0 saturated carbocycles. The molecule has 4 aromatic rings. The molecule has 1 aromatic heterocycles. The molecule has 4 nitrogen and oxygen atoms in total. The van der Waals surface area contributed by atoms with Crippen molar-refractivity contribution in [3.8, 4) is 11.3 Å². The average Bonchev–Trinajstić information content (AvgIpc) is 2.79. The second-order valence-corrected chi connectivity index (χ2v) is 7.01. The zero-order chi connectivity index (χ0) is 19.3. The van der Waals surface area contributed by atoms with Gasteiger partial charge in [-0.3, -0.25) is 0 Å². The number of para-hydroxylation sites is 2. The largest absolute Gasteiger partial charge is 0.353 e. The molecule has 3 N–H and O–H groups in total. The van der Waals surface area contributed by atoms with E-state index in [0.717, 1.165) is 45.4 Å². The number of H-pyrrole nitrogens is 1. The van der Waals surface area contributed by atoms with Crippen LogP contribution in [0.3, 0.4) is 0 Å². The van der Waals surface area contributed by atoms with Crippen molar-refractivity contribution in [1.82, 2.24) is 15.0 Å². The average molecular weight is 389 g/mol. The van der Waals surface area contributed by atoms with Crippen LogP contribution < -0.4 is 5.73 Å². The highest BCUT2D eigenvalue weighted by Crippen LogP contribution is 2.27. The summed E-state index contributed by atoms with van der Waals surface area (Å²) < 4.78 is 0. The number of nitrogens with two attached hydrogens (primary N) is 1. The van der Waals surface area contributed by atoms with Crippen molar-refractivity contribution in [2.75, 3.05) is 6.54 Å². The Bertz CT molecular complexity index is 1170. The number of nitrogens with one attached hydrogen (secondary N) is 1. The first kappa shape index (κ1) is 18.4. The molecule has 0 saturated heterocycles. The summed E-state index contributed by atoms with van der Waals surface area (Å²) in [5, 5.41) is 1.60. The number of hydrogen-bond donors (Lipinski definition) is 2. The molecule has 140 valence electrons. The van der Waals surface area contributed by atoms with Crippen molar-refractivity contribution < 1.29 is 0 Å². The van der Waals surface area contributed by atoms with E-state index in [2.05, 4.69) is 17.1 Å². The minimum absolute atomic E-state index is 0.600. The molecule has 0 aliphatic rings. The maximum atomic E-state index is 6.35. The number of benzene rings is 3. The third-order valence-corrected chi connectivity index (χ3v) is 4.79. The molecule has 0 radical (unpaired) electrons. The van der Waals surface area contributed by atoms with Crippen molar-refractivity contribution in [3.63, 3.8) is 0 Å². The first-order valence-corrected chi connectivity index (χ1v) is 9.70. The number of aromatic nitrogens is 3. The zero-order valence-corrected chi connectivity index (χ0v) is 16.2. The van der Waals surface area contributed by atoms with E-state index in [1.165, 1.54) is 0 Å². The molecule has 3 aromatic carbocycles. The highest BCUT2D eigenvalue weighted by Gasteiger charge is 2.07. The number of halogens is 1. The molecule has 0 aliphatic heterocycles. The van der Waals surface area contributed by atoms with Crippen LogP contribution >= 0.6 is 11.6 Å². The van der Waals surface area contributed by atoms with E-state index in [-0.39, 0.29) is 0 Å². The van der Waals surface area contributed by atoms with Crippen LogP contribution in [-0.2, 0) is 6.42 Å². The Morgan fingerprint density at radius 3 is 2.43 bits per heavy atom. The van der Waals surface area contributed by atoms with Crippen LogP contribution in [0, 0.1) is 0 Å². The lowest BCUT2D eigenvalue weighted by Crippen LogP contribution is -2.02. The van der Waals surface area contributed by atoms with Gasteiger partial charge in [0.15, 0.2) is 0 Å². The van der Waals surface area contributed by atoms with Crippen molar-refractivity contribution in [2.45, 2.75) is 12.8 Å². The Balaban J connectivity index is 2.17. The topological polar surface area (TPSA) is 67.6 Å². The Morgan fingerprint density at radius 2 is 1.61 bits per heavy atom. The maximum absolute atomic E-state index is 6.35. The molecular weight excluding hydrogens is 368 g/mol. The number of rotatable bonds is 4. The number of nitrogens with zero attached hydrogens (tertiary/aromatic N) is 2. The summed E-state index contributed by atoms with van der Waals surface area (Å²) in [6.45, 7) is 0.600. The maximum Gasteiger partial charge on any atom is 0.129 e. The minimum Gasteiger partial charge on any atom is -0.353 e. The molecular formula is C23H21ClN4. The Kier molecular flexibility index (Phi) is 5.51. The van der Waals surface area contributed by atoms with Crippen molar-refractivity contribution >= 4 is 33.5 Å². The molecule has 0 bridgehead atoms.